The third-order valence-electron chi connectivity index (χ3n) is 2.79. The van der Waals surface area contributed by atoms with Crippen molar-refractivity contribution in [2.24, 2.45) is 0 Å². The fourth-order valence-electron chi connectivity index (χ4n) is 1.67. The second-order valence-electron chi connectivity index (χ2n) is 4.73. The monoisotopic (exact) mass is 325 g/mol. The van der Waals surface area contributed by atoms with Gasteiger partial charge in [0.05, 0.1) is 10.6 Å². The number of halogens is 2. The van der Waals surface area contributed by atoms with Crippen molar-refractivity contribution in [3.63, 3.8) is 0 Å². The number of carboxylic acids is 1. The number of pyridine rings is 1. The number of hydrogen-bond donors (Lipinski definition) is 1. The van der Waals surface area contributed by atoms with E-state index in [-0.39, 0.29) is 22.4 Å². The van der Waals surface area contributed by atoms with Crippen molar-refractivity contribution in [3.05, 3.63) is 51.6 Å². The van der Waals surface area contributed by atoms with Crippen LogP contribution in [0.3, 0.4) is 0 Å². The summed E-state index contributed by atoms with van der Waals surface area (Å²) in [7, 11) is 0. The summed E-state index contributed by atoms with van der Waals surface area (Å²) in [6, 6.07) is 7.84. The molecule has 0 amide bonds. The standard InChI is InChI=1S/C15H13Cl2NO3/c1-8(2)11-6-9(15(19)20)7-13(18-11)21-12-5-3-4-10(16)14(12)17/h3-8H,1-2H3,(H,19,20). The number of carboxylic acid groups (broad SMARTS) is 1. The van der Waals surface area contributed by atoms with Crippen LogP contribution in [0, 0.1) is 0 Å². The van der Waals surface area contributed by atoms with Crippen LogP contribution < -0.4 is 4.74 Å². The smallest absolute Gasteiger partial charge is 0.335 e. The minimum Gasteiger partial charge on any atom is -0.478 e. The lowest BCUT2D eigenvalue weighted by molar-refractivity contribution is 0.0696. The maximum Gasteiger partial charge on any atom is 0.335 e. The van der Waals surface area contributed by atoms with E-state index in [1.165, 1.54) is 12.1 Å². The summed E-state index contributed by atoms with van der Waals surface area (Å²) in [6.07, 6.45) is 0. The van der Waals surface area contributed by atoms with Gasteiger partial charge in [0.25, 0.3) is 0 Å². The van der Waals surface area contributed by atoms with Gasteiger partial charge in [0.2, 0.25) is 5.88 Å². The lowest BCUT2D eigenvalue weighted by Crippen LogP contribution is -2.03. The molecule has 0 spiro atoms. The minimum absolute atomic E-state index is 0.0708. The van der Waals surface area contributed by atoms with E-state index in [4.69, 9.17) is 33.0 Å². The molecule has 0 aliphatic carbocycles. The van der Waals surface area contributed by atoms with Crippen LogP contribution in [-0.2, 0) is 0 Å². The zero-order chi connectivity index (χ0) is 15.6. The van der Waals surface area contributed by atoms with Gasteiger partial charge in [0.15, 0.2) is 0 Å². The number of aromatic nitrogens is 1. The van der Waals surface area contributed by atoms with Crippen molar-refractivity contribution < 1.29 is 14.6 Å². The highest BCUT2D eigenvalue weighted by Gasteiger charge is 2.14. The normalized spacial score (nSPS) is 10.7. The summed E-state index contributed by atoms with van der Waals surface area (Å²) in [4.78, 5) is 15.5. The minimum atomic E-state index is -1.04. The predicted molar refractivity (Wildman–Crippen MR) is 81.8 cm³/mol. The summed E-state index contributed by atoms with van der Waals surface area (Å²) < 4.78 is 5.58. The Bertz CT molecular complexity index is 687. The Morgan fingerprint density at radius 3 is 2.62 bits per heavy atom. The molecule has 1 N–H and O–H groups in total. The van der Waals surface area contributed by atoms with Gasteiger partial charge in [0.1, 0.15) is 10.8 Å². The Morgan fingerprint density at radius 2 is 2.00 bits per heavy atom. The topological polar surface area (TPSA) is 59.4 Å². The number of rotatable bonds is 4. The first-order valence-electron chi connectivity index (χ1n) is 6.25. The molecule has 0 unspecified atom stereocenters. The van der Waals surface area contributed by atoms with Gasteiger partial charge in [-0.15, -0.1) is 0 Å². The van der Waals surface area contributed by atoms with Gasteiger partial charge < -0.3 is 9.84 Å². The quantitative estimate of drug-likeness (QED) is 0.859. The number of benzene rings is 1. The van der Waals surface area contributed by atoms with Gasteiger partial charge in [-0.3, -0.25) is 0 Å². The SMILES string of the molecule is CC(C)c1cc(C(=O)O)cc(Oc2cccc(Cl)c2Cl)n1. The van der Waals surface area contributed by atoms with Crippen LogP contribution in [0.2, 0.25) is 10.0 Å². The maximum atomic E-state index is 11.2. The van der Waals surface area contributed by atoms with E-state index in [0.29, 0.717) is 16.5 Å². The highest BCUT2D eigenvalue weighted by atomic mass is 35.5. The zero-order valence-electron chi connectivity index (χ0n) is 11.4. The van der Waals surface area contributed by atoms with Gasteiger partial charge in [0, 0.05) is 11.8 Å². The first-order chi connectivity index (χ1) is 9.88. The zero-order valence-corrected chi connectivity index (χ0v) is 12.9. The number of nitrogens with zero attached hydrogens (tertiary/aromatic N) is 1. The van der Waals surface area contributed by atoms with Crippen LogP contribution in [0.25, 0.3) is 0 Å². The molecule has 1 aromatic carbocycles. The molecule has 0 saturated carbocycles. The molecule has 0 radical (unpaired) electrons. The van der Waals surface area contributed by atoms with E-state index >= 15 is 0 Å². The molecule has 0 fully saturated rings. The highest BCUT2D eigenvalue weighted by Crippen LogP contribution is 2.34. The van der Waals surface area contributed by atoms with Gasteiger partial charge in [-0.05, 0) is 24.1 Å². The molecule has 0 aliphatic heterocycles. The van der Waals surface area contributed by atoms with Gasteiger partial charge in [-0.1, -0.05) is 43.1 Å². The summed E-state index contributed by atoms with van der Waals surface area (Å²) in [6.45, 7) is 3.84. The van der Waals surface area contributed by atoms with Crippen LogP contribution in [0.4, 0.5) is 0 Å². The van der Waals surface area contributed by atoms with Crippen molar-refractivity contribution in [2.75, 3.05) is 0 Å². The maximum absolute atomic E-state index is 11.2. The molecule has 110 valence electrons. The summed E-state index contributed by atoms with van der Waals surface area (Å²) in [5, 5.41) is 9.76. The molecule has 6 heteroatoms. The summed E-state index contributed by atoms with van der Waals surface area (Å²) in [5.74, 6) is -0.473. The van der Waals surface area contributed by atoms with Crippen LogP contribution in [0.5, 0.6) is 11.6 Å². The Kier molecular flexibility index (Phi) is 4.70. The highest BCUT2D eigenvalue weighted by molar-refractivity contribution is 6.42. The second-order valence-corrected chi connectivity index (χ2v) is 5.52. The molecule has 2 aromatic rings. The van der Waals surface area contributed by atoms with E-state index in [1.807, 2.05) is 13.8 Å². The van der Waals surface area contributed by atoms with Crippen molar-refractivity contribution in [2.45, 2.75) is 19.8 Å². The largest absolute Gasteiger partial charge is 0.478 e. The molecule has 4 nitrogen and oxygen atoms in total. The Morgan fingerprint density at radius 1 is 1.29 bits per heavy atom. The Hall–Kier alpha value is -1.78. The van der Waals surface area contributed by atoms with Crippen LogP contribution >= 0.6 is 23.2 Å². The van der Waals surface area contributed by atoms with Gasteiger partial charge in [-0.25, -0.2) is 9.78 Å². The third kappa shape index (κ3) is 3.65. The average Bonchev–Trinajstić information content (AvgIpc) is 2.43. The van der Waals surface area contributed by atoms with E-state index in [2.05, 4.69) is 4.98 Å². The van der Waals surface area contributed by atoms with Crippen molar-refractivity contribution in [1.82, 2.24) is 4.98 Å². The molecular weight excluding hydrogens is 313 g/mol. The molecule has 0 aliphatic rings. The first kappa shape index (κ1) is 15.6. The molecule has 1 aromatic heterocycles. The molecule has 0 atom stereocenters. The lowest BCUT2D eigenvalue weighted by atomic mass is 10.1. The van der Waals surface area contributed by atoms with Crippen LogP contribution in [0.1, 0.15) is 35.8 Å². The molecule has 0 bridgehead atoms. The summed E-state index contributed by atoms with van der Waals surface area (Å²) >= 11 is 12.0. The van der Waals surface area contributed by atoms with Crippen LogP contribution in [0.15, 0.2) is 30.3 Å². The van der Waals surface area contributed by atoms with Crippen molar-refractivity contribution in [3.8, 4) is 11.6 Å². The number of hydrogen-bond acceptors (Lipinski definition) is 3. The molecule has 21 heavy (non-hydrogen) atoms. The fraction of sp³-hybridized carbons (Fsp3) is 0.200. The Balaban J connectivity index is 2.43. The van der Waals surface area contributed by atoms with Crippen molar-refractivity contribution in [1.29, 1.82) is 0 Å². The molecule has 2 rings (SSSR count). The predicted octanol–water partition coefficient (Wildman–Crippen LogP) is 5.00. The van der Waals surface area contributed by atoms with Gasteiger partial charge in [-0.2, -0.15) is 0 Å². The molecule has 0 saturated heterocycles. The van der Waals surface area contributed by atoms with Crippen molar-refractivity contribution >= 4 is 29.2 Å². The molecule has 1 heterocycles. The number of aromatic carboxylic acids is 1. The number of carbonyl (C=O) groups is 1. The third-order valence-corrected chi connectivity index (χ3v) is 3.59. The second kappa shape index (κ2) is 6.33. The number of ether oxygens (including phenoxy) is 1. The van der Waals surface area contributed by atoms with E-state index in [1.54, 1.807) is 18.2 Å². The van der Waals surface area contributed by atoms with E-state index in [0.717, 1.165) is 0 Å². The fourth-order valence-corrected chi connectivity index (χ4v) is 2.00. The average molecular weight is 326 g/mol. The van der Waals surface area contributed by atoms with E-state index in [9.17, 15) is 4.79 Å². The Labute approximate surface area is 132 Å². The summed E-state index contributed by atoms with van der Waals surface area (Å²) in [5.41, 5.74) is 0.741. The molecular formula is C15H13Cl2NO3. The first-order valence-corrected chi connectivity index (χ1v) is 7.01. The van der Waals surface area contributed by atoms with Crippen LogP contribution in [-0.4, -0.2) is 16.1 Å². The lowest BCUT2D eigenvalue weighted by Gasteiger charge is -2.11. The van der Waals surface area contributed by atoms with E-state index < -0.39 is 5.97 Å². The van der Waals surface area contributed by atoms with Gasteiger partial charge >= 0.3 is 5.97 Å².